The number of phenolic OH excluding ortho intramolecular Hbond substituents is 2. The fourth-order valence-corrected chi connectivity index (χ4v) is 3.38. The number of nitro groups is 1. The normalized spacial score (nSPS) is 11.4. The van der Waals surface area contributed by atoms with Gasteiger partial charge in [-0.1, -0.05) is 22.0 Å². The fourth-order valence-electron chi connectivity index (χ4n) is 2.92. The van der Waals surface area contributed by atoms with E-state index in [0.717, 1.165) is 5.56 Å². The maximum atomic E-state index is 11.0. The number of fused-ring (bicyclic) bond motifs is 1. The second-order valence-corrected chi connectivity index (χ2v) is 7.49. The van der Waals surface area contributed by atoms with E-state index in [1.165, 1.54) is 24.4 Å². The number of halogens is 1. The fraction of sp³-hybridized carbons (Fsp3) is 0.0476. The van der Waals surface area contributed by atoms with Crippen LogP contribution in [-0.4, -0.2) is 26.3 Å². The summed E-state index contributed by atoms with van der Waals surface area (Å²) >= 11 is 3.17. The number of nitrogens with zero attached hydrogens (tertiary/aromatic N) is 3. The van der Waals surface area contributed by atoms with Crippen LogP contribution in [0.4, 0.5) is 11.4 Å². The average molecular weight is 468 g/mol. The number of hydrogen-bond donors (Lipinski definition) is 2. The van der Waals surface area contributed by atoms with Crippen molar-refractivity contribution >= 4 is 44.6 Å². The molecule has 0 radical (unpaired) electrons. The Morgan fingerprint density at radius 3 is 2.70 bits per heavy atom. The third-order valence-corrected chi connectivity index (χ3v) is 4.85. The highest BCUT2D eigenvalue weighted by molar-refractivity contribution is 9.10. The molecule has 0 aliphatic rings. The number of aromatic nitrogens is 1. The van der Waals surface area contributed by atoms with Gasteiger partial charge in [0, 0.05) is 28.4 Å². The van der Waals surface area contributed by atoms with Crippen molar-refractivity contribution in [1.82, 2.24) is 4.98 Å². The summed E-state index contributed by atoms with van der Waals surface area (Å²) < 4.78 is 6.14. The second kappa shape index (κ2) is 7.60. The van der Waals surface area contributed by atoms with Gasteiger partial charge in [-0.15, -0.1) is 0 Å². The monoisotopic (exact) mass is 467 g/mol. The lowest BCUT2D eigenvalue weighted by Gasteiger charge is -2.03. The lowest BCUT2D eigenvalue weighted by molar-refractivity contribution is -0.385. The molecule has 0 aliphatic heterocycles. The Balaban J connectivity index is 1.66. The van der Waals surface area contributed by atoms with E-state index in [2.05, 4.69) is 25.9 Å². The first kappa shape index (κ1) is 19.6. The largest absolute Gasteiger partial charge is 0.507 e. The number of aliphatic imine (C=N–C) groups is 1. The van der Waals surface area contributed by atoms with Gasteiger partial charge in [0.1, 0.15) is 11.3 Å². The van der Waals surface area contributed by atoms with Gasteiger partial charge >= 0.3 is 5.69 Å². The number of benzene rings is 3. The van der Waals surface area contributed by atoms with E-state index in [0.29, 0.717) is 26.8 Å². The van der Waals surface area contributed by atoms with E-state index in [4.69, 9.17) is 4.42 Å². The van der Waals surface area contributed by atoms with E-state index >= 15 is 0 Å². The summed E-state index contributed by atoms with van der Waals surface area (Å²) in [5, 5.41) is 31.5. The van der Waals surface area contributed by atoms with Crippen LogP contribution in [0.5, 0.6) is 11.5 Å². The summed E-state index contributed by atoms with van der Waals surface area (Å²) in [5.41, 5.74) is 2.87. The quantitative estimate of drug-likeness (QED) is 0.227. The van der Waals surface area contributed by atoms with Crippen molar-refractivity contribution in [2.75, 3.05) is 0 Å². The number of aryl methyl sites for hydroxylation is 1. The first-order valence-corrected chi connectivity index (χ1v) is 9.52. The van der Waals surface area contributed by atoms with Gasteiger partial charge in [0.25, 0.3) is 0 Å². The van der Waals surface area contributed by atoms with Gasteiger partial charge in [0.15, 0.2) is 5.58 Å². The van der Waals surface area contributed by atoms with E-state index in [1.54, 1.807) is 12.1 Å². The molecule has 30 heavy (non-hydrogen) atoms. The molecule has 0 spiro atoms. The lowest BCUT2D eigenvalue weighted by Crippen LogP contribution is -1.92. The zero-order valence-electron chi connectivity index (χ0n) is 15.5. The zero-order chi connectivity index (χ0) is 21.4. The maximum absolute atomic E-state index is 11.0. The SMILES string of the molecule is Cc1ccc2oc(-c3ccc(N=Cc4cc(Br)cc([N+](=O)[O-])c4O)cc3O)nc2c1. The van der Waals surface area contributed by atoms with Crippen LogP contribution < -0.4 is 0 Å². The van der Waals surface area contributed by atoms with Crippen molar-refractivity contribution in [2.45, 2.75) is 6.92 Å². The van der Waals surface area contributed by atoms with Crippen LogP contribution in [0.3, 0.4) is 0 Å². The van der Waals surface area contributed by atoms with Gasteiger partial charge in [-0.2, -0.15) is 0 Å². The van der Waals surface area contributed by atoms with Crippen molar-refractivity contribution in [1.29, 1.82) is 0 Å². The predicted octanol–water partition coefficient (Wildman–Crippen LogP) is 5.64. The molecule has 3 aromatic carbocycles. The molecule has 0 saturated heterocycles. The second-order valence-electron chi connectivity index (χ2n) is 6.57. The van der Waals surface area contributed by atoms with Crippen LogP contribution in [0.2, 0.25) is 0 Å². The first-order valence-electron chi connectivity index (χ1n) is 8.73. The number of oxazole rings is 1. The van der Waals surface area contributed by atoms with Crippen LogP contribution in [0.25, 0.3) is 22.6 Å². The molecular formula is C21H14BrN3O5. The number of phenols is 2. The van der Waals surface area contributed by atoms with Crippen LogP contribution in [0.15, 0.2) is 62.4 Å². The first-order chi connectivity index (χ1) is 14.3. The number of aromatic hydroxyl groups is 2. The highest BCUT2D eigenvalue weighted by Crippen LogP contribution is 2.35. The zero-order valence-corrected chi connectivity index (χ0v) is 17.1. The molecule has 9 heteroatoms. The predicted molar refractivity (Wildman–Crippen MR) is 116 cm³/mol. The van der Waals surface area contributed by atoms with Crippen LogP contribution in [-0.2, 0) is 0 Å². The summed E-state index contributed by atoms with van der Waals surface area (Å²) in [5.74, 6) is -0.296. The Labute approximate surface area is 178 Å². The molecule has 1 aromatic heterocycles. The molecule has 0 aliphatic carbocycles. The summed E-state index contributed by atoms with van der Waals surface area (Å²) in [6.45, 7) is 1.95. The van der Waals surface area contributed by atoms with Gasteiger partial charge in [-0.25, -0.2) is 4.98 Å². The molecule has 4 rings (SSSR count). The summed E-state index contributed by atoms with van der Waals surface area (Å²) in [7, 11) is 0. The van der Waals surface area contributed by atoms with Gasteiger partial charge in [0.2, 0.25) is 11.6 Å². The third kappa shape index (κ3) is 3.74. The maximum Gasteiger partial charge on any atom is 0.312 e. The highest BCUT2D eigenvalue weighted by Gasteiger charge is 2.18. The molecule has 0 saturated carbocycles. The Kier molecular flexibility index (Phi) is 4.96. The standard InChI is InChI=1S/C21H14BrN3O5/c1-11-2-5-19-16(6-11)24-21(30-19)15-4-3-14(9-18(15)26)23-10-12-7-13(22)8-17(20(12)27)25(28)29/h2-10,26-27H,1H3. The molecule has 0 atom stereocenters. The van der Waals surface area contributed by atoms with Gasteiger partial charge < -0.3 is 14.6 Å². The Morgan fingerprint density at radius 1 is 1.17 bits per heavy atom. The number of rotatable bonds is 4. The molecule has 2 N–H and O–H groups in total. The van der Waals surface area contributed by atoms with Crippen LogP contribution in [0.1, 0.15) is 11.1 Å². The molecule has 0 fully saturated rings. The summed E-state index contributed by atoms with van der Waals surface area (Å²) in [4.78, 5) is 18.9. The Bertz CT molecular complexity index is 1330. The third-order valence-electron chi connectivity index (χ3n) is 4.39. The Hall–Kier alpha value is -3.72. The lowest BCUT2D eigenvalue weighted by atomic mass is 10.1. The number of hydrogen-bond acceptors (Lipinski definition) is 7. The molecular weight excluding hydrogens is 454 g/mol. The highest BCUT2D eigenvalue weighted by atomic mass is 79.9. The molecule has 0 amide bonds. The Morgan fingerprint density at radius 2 is 1.97 bits per heavy atom. The molecule has 1 heterocycles. The minimum absolute atomic E-state index is 0.0858. The summed E-state index contributed by atoms with van der Waals surface area (Å²) in [6, 6.07) is 13.0. The van der Waals surface area contributed by atoms with Gasteiger partial charge in [-0.3, -0.25) is 15.1 Å². The minimum atomic E-state index is -0.681. The molecule has 8 nitrogen and oxygen atoms in total. The van der Waals surface area contributed by atoms with Crippen molar-refractivity contribution < 1.29 is 19.6 Å². The van der Waals surface area contributed by atoms with Gasteiger partial charge in [-0.05, 0) is 42.8 Å². The van der Waals surface area contributed by atoms with E-state index < -0.39 is 16.4 Å². The molecule has 0 unspecified atom stereocenters. The molecule has 4 aromatic rings. The van der Waals surface area contributed by atoms with Crippen molar-refractivity contribution in [2.24, 2.45) is 4.99 Å². The van der Waals surface area contributed by atoms with Crippen LogP contribution >= 0.6 is 15.9 Å². The topological polar surface area (TPSA) is 122 Å². The smallest absolute Gasteiger partial charge is 0.312 e. The van der Waals surface area contributed by atoms with E-state index in [9.17, 15) is 20.3 Å². The van der Waals surface area contributed by atoms with Crippen molar-refractivity contribution in [3.63, 3.8) is 0 Å². The van der Waals surface area contributed by atoms with Crippen LogP contribution in [0, 0.1) is 17.0 Å². The van der Waals surface area contributed by atoms with Gasteiger partial charge in [0.05, 0.1) is 16.2 Å². The summed E-state index contributed by atoms with van der Waals surface area (Å²) in [6.07, 6.45) is 1.28. The van der Waals surface area contributed by atoms with E-state index in [-0.39, 0.29) is 17.2 Å². The average Bonchev–Trinajstić information content (AvgIpc) is 3.10. The van der Waals surface area contributed by atoms with Crippen molar-refractivity contribution in [3.05, 3.63) is 74.2 Å². The van der Waals surface area contributed by atoms with Crippen molar-refractivity contribution in [3.8, 4) is 23.0 Å². The van der Waals surface area contributed by atoms with E-state index in [1.807, 2.05) is 25.1 Å². The number of nitro benzene ring substituents is 1. The molecule has 150 valence electrons. The molecule has 0 bridgehead atoms. The minimum Gasteiger partial charge on any atom is -0.507 e.